The highest BCUT2D eigenvalue weighted by Gasteiger charge is 2.02. The maximum Gasteiger partial charge on any atom is 0.168 e. The average molecular weight is 280 g/mol. The number of fused-ring (bicyclic) bond motifs is 1. The average Bonchev–Trinajstić information content (AvgIpc) is 2.73. The zero-order valence-electron chi connectivity index (χ0n) is 9.01. The summed E-state index contributed by atoms with van der Waals surface area (Å²) in [6, 6.07) is 8.88. The number of benzene rings is 1. The van der Waals surface area contributed by atoms with E-state index in [9.17, 15) is 0 Å². The van der Waals surface area contributed by atoms with Crippen molar-refractivity contribution in [3.05, 3.63) is 46.7 Å². The first kappa shape index (κ1) is 11.3. The van der Waals surface area contributed by atoms with Crippen molar-refractivity contribution >= 4 is 39.9 Å². The molecular weight excluding hydrogens is 273 g/mol. The van der Waals surface area contributed by atoms with E-state index in [1.807, 2.05) is 18.3 Å². The van der Waals surface area contributed by atoms with Crippen molar-refractivity contribution in [1.29, 1.82) is 0 Å². The van der Waals surface area contributed by atoms with E-state index >= 15 is 0 Å². The van der Waals surface area contributed by atoms with Gasteiger partial charge in [-0.2, -0.15) is 9.89 Å². The number of rotatable bonds is 2. The van der Waals surface area contributed by atoms with Crippen molar-refractivity contribution in [3.63, 3.8) is 0 Å². The lowest BCUT2D eigenvalue weighted by Gasteiger charge is -2.02. The maximum absolute atomic E-state index is 5.90. The van der Waals surface area contributed by atoms with Crippen LogP contribution in [0.3, 0.4) is 0 Å². The Morgan fingerprint density at radius 3 is 2.72 bits per heavy atom. The quantitative estimate of drug-likeness (QED) is 0.784. The van der Waals surface area contributed by atoms with Crippen LogP contribution < -0.4 is 5.43 Å². The fourth-order valence-electron chi connectivity index (χ4n) is 1.54. The van der Waals surface area contributed by atoms with Crippen LogP contribution in [0.15, 0.2) is 36.5 Å². The summed E-state index contributed by atoms with van der Waals surface area (Å²) in [5.41, 5.74) is 3.77. The highest BCUT2D eigenvalue weighted by atomic mass is 35.5. The van der Waals surface area contributed by atoms with Gasteiger partial charge >= 0.3 is 0 Å². The molecule has 0 saturated heterocycles. The highest BCUT2D eigenvalue weighted by molar-refractivity contribution is 6.31. The largest absolute Gasteiger partial charge is 0.260 e. The minimum atomic E-state index is 0.345. The Bertz CT molecular complexity index is 692. The van der Waals surface area contributed by atoms with E-state index in [0.29, 0.717) is 16.0 Å². The molecule has 2 aromatic heterocycles. The molecule has 90 valence electrons. The van der Waals surface area contributed by atoms with Gasteiger partial charge in [-0.3, -0.25) is 5.43 Å². The molecule has 3 rings (SSSR count). The van der Waals surface area contributed by atoms with Gasteiger partial charge in [0.05, 0.1) is 11.7 Å². The van der Waals surface area contributed by atoms with Crippen molar-refractivity contribution < 1.29 is 0 Å². The van der Waals surface area contributed by atoms with Crippen molar-refractivity contribution in [2.75, 3.05) is 5.43 Å². The molecule has 1 aromatic carbocycles. The van der Waals surface area contributed by atoms with Crippen LogP contribution in [0, 0.1) is 0 Å². The molecule has 0 aliphatic carbocycles. The molecule has 0 aliphatic rings. The predicted molar refractivity (Wildman–Crippen MR) is 70.8 cm³/mol. The summed E-state index contributed by atoms with van der Waals surface area (Å²) < 4.78 is 0. The van der Waals surface area contributed by atoms with Crippen molar-refractivity contribution in [3.8, 4) is 0 Å². The lowest BCUT2D eigenvalue weighted by atomic mass is 10.3. The SMILES string of the molecule is Clc1ccc2cn(Nc3ccc(Cl)nn3)nc2c1. The maximum atomic E-state index is 5.90. The highest BCUT2D eigenvalue weighted by Crippen LogP contribution is 2.17. The summed E-state index contributed by atoms with van der Waals surface area (Å²) in [6.45, 7) is 0. The third-order valence-corrected chi connectivity index (χ3v) is 2.77. The minimum absolute atomic E-state index is 0.345. The van der Waals surface area contributed by atoms with Gasteiger partial charge in [0.25, 0.3) is 0 Å². The molecule has 0 unspecified atom stereocenters. The van der Waals surface area contributed by atoms with Gasteiger partial charge in [-0.15, -0.1) is 10.2 Å². The summed E-state index contributed by atoms with van der Waals surface area (Å²) in [5.74, 6) is 0.554. The van der Waals surface area contributed by atoms with E-state index in [1.54, 1.807) is 23.0 Å². The van der Waals surface area contributed by atoms with E-state index in [1.165, 1.54) is 0 Å². The molecule has 3 aromatic rings. The first-order valence-electron chi connectivity index (χ1n) is 5.12. The number of halogens is 2. The number of nitrogens with one attached hydrogen (secondary N) is 1. The Morgan fingerprint density at radius 1 is 1.06 bits per heavy atom. The summed E-state index contributed by atoms with van der Waals surface area (Å²) in [4.78, 5) is 1.55. The van der Waals surface area contributed by atoms with E-state index in [0.717, 1.165) is 10.9 Å². The molecule has 5 nitrogen and oxygen atoms in total. The third-order valence-electron chi connectivity index (χ3n) is 2.33. The van der Waals surface area contributed by atoms with E-state index in [-0.39, 0.29) is 0 Å². The predicted octanol–water partition coefficient (Wildman–Crippen LogP) is 3.01. The third kappa shape index (κ3) is 2.23. The van der Waals surface area contributed by atoms with Gasteiger partial charge in [0.1, 0.15) is 0 Å². The standard InChI is InChI=1S/C11H7Cl2N5/c12-8-2-1-7-6-18(16-9(7)5-8)17-11-4-3-10(13)14-15-11/h1-6H,(H,15,17). The summed E-state index contributed by atoms with van der Waals surface area (Å²) in [7, 11) is 0. The summed E-state index contributed by atoms with van der Waals surface area (Å²) in [6.07, 6.45) is 1.84. The van der Waals surface area contributed by atoms with Gasteiger partial charge in [0.2, 0.25) is 0 Å². The first-order valence-corrected chi connectivity index (χ1v) is 5.87. The van der Waals surface area contributed by atoms with Crippen LogP contribution in [0.1, 0.15) is 0 Å². The van der Waals surface area contributed by atoms with Crippen molar-refractivity contribution in [2.45, 2.75) is 0 Å². The smallest absolute Gasteiger partial charge is 0.168 e. The normalized spacial score (nSPS) is 10.8. The van der Waals surface area contributed by atoms with Gasteiger partial charge < -0.3 is 0 Å². The lowest BCUT2D eigenvalue weighted by molar-refractivity contribution is 0.800. The zero-order valence-corrected chi connectivity index (χ0v) is 10.5. The Hall–Kier alpha value is -1.85. The molecule has 0 aliphatic heterocycles. The minimum Gasteiger partial charge on any atom is -0.260 e. The van der Waals surface area contributed by atoms with Gasteiger partial charge in [0.15, 0.2) is 11.0 Å². The van der Waals surface area contributed by atoms with Crippen LogP contribution in [0.25, 0.3) is 10.9 Å². The van der Waals surface area contributed by atoms with Crippen LogP contribution in [-0.2, 0) is 0 Å². The summed E-state index contributed by atoms with van der Waals surface area (Å²) >= 11 is 11.6. The first-order chi connectivity index (χ1) is 8.70. The zero-order chi connectivity index (χ0) is 12.5. The number of anilines is 1. The Morgan fingerprint density at radius 2 is 1.94 bits per heavy atom. The second-order valence-corrected chi connectivity index (χ2v) is 4.45. The van der Waals surface area contributed by atoms with E-state index < -0.39 is 0 Å². The Labute approximate surface area is 112 Å². The number of nitrogens with zero attached hydrogens (tertiary/aromatic N) is 4. The van der Waals surface area contributed by atoms with Crippen LogP contribution in [-0.4, -0.2) is 20.1 Å². The Balaban J connectivity index is 1.92. The molecule has 0 radical (unpaired) electrons. The second kappa shape index (κ2) is 4.44. The molecule has 2 heterocycles. The van der Waals surface area contributed by atoms with Gasteiger partial charge in [-0.05, 0) is 30.3 Å². The monoisotopic (exact) mass is 279 g/mol. The molecule has 0 bridgehead atoms. The fourth-order valence-corrected chi connectivity index (χ4v) is 1.81. The van der Waals surface area contributed by atoms with Crippen LogP contribution in [0.4, 0.5) is 5.82 Å². The molecular formula is C11H7Cl2N5. The Kier molecular flexibility index (Phi) is 2.77. The second-order valence-electron chi connectivity index (χ2n) is 3.63. The summed E-state index contributed by atoms with van der Waals surface area (Å²) in [5, 5.41) is 13.9. The molecule has 0 spiro atoms. The van der Waals surface area contributed by atoms with Crippen LogP contribution in [0.5, 0.6) is 0 Å². The molecule has 7 heteroatoms. The number of hydrogen-bond acceptors (Lipinski definition) is 4. The van der Waals surface area contributed by atoms with Crippen molar-refractivity contribution in [1.82, 2.24) is 20.1 Å². The number of hydrogen-bond donors (Lipinski definition) is 1. The molecule has 1 N–H and O–H groups in total. The van der Waals surface area contributed by atoms with E-state index in [4.69, 9.17) is 23.2 Å². The molecule has 0 saturated carbocycles. The number of aromatic nitrogens is 4. The van der Waals surface area contributed by atoms with E-state index in [2.05, 4.69) is 20.7 Å². The van der Waals surface area contributed by atoms with Crippen LogP contribution >= 0.6 is 23.2 Å². The molecule has 18 heavy (non-hydrogen) atoms. The lowest BCUT2D eigenvalue weighted by Crippen LogP contribution is -2.10. The van der Waals surface area contributed by atoms with Gasteiger partial charge in [0, 0.05) is 10.4 Å². The molecule has 0 amide bonds. The van der Waals surface area contributed by atoms with Gasteiger partial charge in [-0.1, -0.05) is 23.2 Å². The van der Waals surface area contributed by atoms with Crippen LogP contribution in [0.2, 0.25) is 10.2 Å². The molecule has 0 atom stereocenters. The topological polar surface area (TPSA) is 55.6 Å². The van der Waals surface area contributed by atoms with Crippen molar-refractivity contribution in [2.24, 2.45) is 0 Å². The molecule has 0 fully saturated rings. The van der Waals surface area contributed by atoms with Gasteiger partial charge in [-0.25, -0.2) is 0 Å². The fraction of sp³-hybridized carbons (Fsp3) is 0.